The number of allylic oxidation sites excluding steroid dienone is 6. The summed E-state index contributed by atoms with van der Waals surface area (Å²) in [6.45, 7) is 20.3. The van der Waals surface area contributed by atoms with Gasteiger partial charge in [-0.1, -0.05) is 240 Å². The van der Waals surface area contributed by atoms with E-state index in [1.165, 1.54) is 72.3 Å². The van der Waals surface area contributed by atoms with Crippen molar-refractivity contribution in [3.8, 4) is 44.5 Å². The molecule has 1 aliphatic rings. The molecule has 1 heteroatoms. The number of para-hydroxylation sites is 2. The van der Waals surface area contributed by atoms with Crippen molar-refractivity contribution in [2.24, 2.45) is 0 Å². The Kier molecular flexibility index (Phi) is 14.3. The van der Waals surface area contributed by atoms with Crippen LogP contribution in [0.3, 0.4) is 0 Å². The first-order chi connectivity index (χ1) is 32.6. The summed E-state index contributed by atoms with van der Waals surface area (Å²) in [5.41, 5.74) is 22.2. The summed E-state index contributed by atoms with van der Waals surface area (Å²) in [5, 5.41) is 2.31. The standard InChI is InChI=1S/C54H46O.C9H10.C3H6/c1-5-12-42(34-43(13-6-2)39-24-26-40(27-25-39)44-32-33-47-46-14-7-9-18-50(46)54(3,4)51(47)35-44)38-22-20-36(21-23-38)37-28-30-41(31-29-37)45-16-11-17-49-48-15-8-10-19-52(48)55-53(45)49;1-8(2)9-6-4-3-5-7-9;1-3-2/h7-11,13-35H,5-6,12H2,1-4H3;3-7H,1H2,2H3;3H,1H2,2H3/b42-34+,43-13-;;. The topological polar surface area (TPSA) is 13.1 Å². The lowest BCUT2D eigenvalue weighted by Crippen LogP contribution is -2.14. The minimum atomic E-state index is -0.00524. The third kappa shape index (κ3) is 9.89. The van der Waals surface area contributed by atoms with Crippen molar-refractivity contribution in [2.45, 2.75) is 66.2 Å². The molecule has 0 fully saturated rings. The molecule has 0 unspecified atom stereocenters. The smallest absolute Gasteiger partial charge is 0.143 e. The van der Waals surface area contributed by atoms with E-state index in [1.807, 2.05) is 44.2 Å². The predicted molar refractivity (Wildman–Crippen MR) is 292 cm³/mol. The molecule has 1 aliphatic carbocycles. The van der Waals surface area contributed by atoms with Crippen LogP contribution in [0.15, 0.2) is 224 Å². The van der Waals surface area contributed by atoms with Crippen LogP contribution in [0.1, 0.15) is 88.6 Å². The van der Waals surface area contributed by atoms with E-state index in [0.29, 0.717) is 0 Å². The second-order valence-electron chi connectivity index (χ2n) is 18.0. The van der Waals surface area contributed by atoms with E-state index >= 15 is 0 Å². The fourth-order valence-corrected chi connectivity index (χ4v) is 9.39. The minimum absolute atomic E-state index is 0.00524. The Balaban J connectivity index is 0.000000447. The third-order valence-corrected chi connectivity index (χ3v) is 12.9. The lowest BCUT2D eigenvalue weighted by atomic mass is 9.81. The highest BCUT2D eigenvalue weighted by Crippen LogP contribution is 2.49. The number of furan rings is 1. The lowest BCUT2D eigenvalue weighted by Gasteiger charge is -2.22. The van der Waals surface area contributed by atoms with Crippen LogP contribution in [0.4, 0.5) is 0 Å². The zero-order chi connectivity index (χ0) is 46.9. The first kappa shape index (κ1) is 46.1. The van der Waals surface area contributed by atoms with Crippen LogP contribution in [0, 0.1) is 0 Å². The Bertz CT molecular complexity index is 3200. The van der Waals surface area contributed by atoms with E-state index < -0.39 is 0 Å². The maximum Gasteiger partial charge on any atom is 0.143 e. The Labute approximate surface area is 399 Å². The molecule has 0 bridgehead atoms. The first-order valence-electron chi connectivity index (χ1n) is 23.8. The molecule has 8 aromatic carbocycles. The molecule has 0 radical (unpaired) electrons. The molecule has 9 aromatic rings. The number of hydrogen-bond donors (Lipinski definition) is 0. The summed E-state index contributed by atoms with van der Waals surface area (Å²) >= 11 is 0. The van der Waals surface area contributed by atoms with Crippen molar-refractivity contribution >= 4 is 38.7 Å². The maximum absolute atomic E-state index is 6.32. The monoisotopic (exact) mass is 870 g/mol. The fourth-order valence-electron chi connectivity index (χ4n) is 9.39. The SMILES string of the molecule is C=C(C)c1ccccc1.C=CC.CC/C=C(/C=C(\CCC)c1ccc(-c2ccc(-c3cccc4c3oc3ccccc34)cc2)cc1)c1ccc(-c2ccc3c(c2)C(C)(C)c2ccccc2-3)cc1. The molecule has 10 rings (SSSR count). The molecule has 1 heterocycles. The van der Waals surface area contributed by atoms with E-state index in [-0.39, 0.29) is 5.41 Å². The van der Waals surface area contributed by atoms with Gasteiger partial charge in [-0.05, 0) is 117 Å². The van der Waals surface area contributed by atoms with Gasteiger partial charge in [-0.3, -0.25) is 0 Å². The van der Waals surface area contributed by atoms with Gasteiger partial charge in [0.15, 0.2) is 0 Å². The molecule has 0 saturated carbocycles. The summed E-state index contributed by atoms with van der Waals surface area (Å²) in [5.74, 6) is 0. The van der Waals surface area contributed by atoms with Crippen molar-refractivity contribution in [2.75, 3.05) is 0 Å². The zero-order valence-corrected chi connectivity index (χ0v) is 40.1. The number of benzene rings is 8. The molecule has 332 valence electrons. The summed E-state index contributed by atoms with van der Waals surface area (Å²) in [6.07, 6.45) is 9.62. The first-order valence-corrected chi connectivity index (χ1v) is 23.8. The highest BCUT2D eigenvalue weighted by Gasteiger charge is 2.35. The van der Waals surface area contributed by atoms with Gasteiger partial charge < -0.3 is 4.42 Å². The van der Waals surface area contributed by atoms with Gasteiger partial charge >= 0.3 is 0 Å². The second kappa shape index (κ2) is 20.8. The molecular formula is C66H62O. The highest BCUT2D eigenvalue weighted by molar-refractivity contribution is 6.09. The van der Waals surface area contributed by atoms with Gasteiger partial charge in [-0.15, -0.1) is 6.58 Å². The minimum Gasteiger partial charge on any atom is -0.455 e. The quantitative estimate of drug-likeness (QED) is 0.0986. The van der Waals surface area contributed by atoms with Crippen molar-refractivity contribution in [3.63, 3.8) is 0 Å². The fraction of sp³-hybridized carbons (Fsp3) is 0.152. The summed E-state index contributed by atoms with van der Waals surface area (Å²) in [6, 6.07) is 67.9. The van der Waals surface area contributed by atoms with Gasteiger partial charge in [0.2, 0.25) is 0 Å². The van der Waals surface area contributed by atoms with Crippen molar-refractivity contribution in [1.29, 1.82) is 0 Å². The van der Waals surface area contributed by atoms with Gasteiger partial charge in [-0.25, -0.2) is 0 Å². The maximum atomic E-state index is 6.32. The molecule has 0 amide bonds. The van der Waals surface area contributed by atoms with Crippen LogP contribution < -0.4 is 0 Å². The zero-order valence-electron chi connectivity index (χ0n) is 40.1. The number of fused-ring (bicyclic) bond motifs is 6. The lowest BCUT2D eigenvalue weighted by molar-refractivity contribution is 0.660. The molecule has 0 saturated heterocycles. The molecule has 1 aromatic heterocycles. The van der Waals surface area contributed by atoms with Gasteiger partial charge in [0, 0.05) is 21.8 Å². The van der Waals surface area contributed by atoms with Gasteiger partial charge in [0.25, 0.3) is 0 Å². The molecule has 1 nitrogen and oxygen atoms in total. The molecule has 0 atom stereocenters. The summed E-state index contributed by atoms with van der Waals surface area (Å²) in [7, 11) is 0. The number of hydrogen-bond acceptors (Lipinski definition) is 1. The van der Waals surface area contributed by atoms with Crippen molar-refractivity contribution in [3.05, 3.63) is 247 Å². The molecule has 0 spiro atoms. The van der Waals surface area contributed by atoms with Gasteiger partial charge in [-0.2, -0.15) is 0 Å². The molecule has 0 aliphatic heterocycles. The molecule has 0 N–H and O–H groups in total. The third-order valence-electron chi connectivity index (χ3n) is 12.9. The van der Waals surface area contributed by atoms with Gasteiger partial charge in [0.05, 0.1) is 0 Å². The average Bonchev–Trinajstić information content (AvgIpc) is 3.86. The number of rotatable bonds is 10. The van der Waals surface area contributed by atoms with Crippen LogP contribution in [0.2, 0.25) is 0 Å². The second-order valence-corrected chi connectivity index (χ2v) is 18.0. The molecular weight excluding hydrogens is 809 g/mol. The Morgan fingerprint density at radius 2 is 1.07 bits per heavy atom. The Hall–Kier alpha value is -7.48. The van der Waals surface area contributed by atoms with Crippen molar-refractivity contribution < 1.29 is 4.42 Å². The van der Waals surface area contributed by atoms with E-state index in [0.717, 1.165) is 57.9 Å². The average molecular weight is 871 g/mol. The van der Waals surface area contributed by atoms with Crippen LogP contribution in [0.5, 0.6) is 0 Å². The predicted octanol–water partition coefficient (Wildman–Crippen LogP) is 19.5. The molecule has 67 heavy (non-hydrogen) atoms. The van der Waals surface area contributed by atoms with E-state index in [9.17, 15) is 0 Å². The van der Waals surface area contributed by atoms with E-state index in [1.54, 1.807) is 6.08 Å². The Morgan fingerprint density at radius 1 is 0.537 bits per heavy atom. The van der Waals surface area contributed by atoms with Gasteiger partial charge in [0.1, 0.15) is 11.2 Å². The van der Waals surface area contributed by atoms with E-state index in [4.69, 9.17) is 4.42 Å². The highest BCUT2D eigenvalue weighted by atomic mass is 16.3. The van der Waals surface area contributed by atoms with Crippen LogP contribution in [-0.2, 0) is 5.41 Å². The summed E-state index contributed by atoms with van der Waals surface area (Å²) < 4.78 is 6.32. The normalized spacial score (nSPS) is 12.6. The largest absolute Gasteiger partial charge is 0.455 e. The van der Waals surface area contributed by atoms with E-state index in [2.05, 4.69) is 211 Å². The summed E-state index contributed by atoms with van der Waals surface area (Å²) in [4.78, 5) is 0. The Morgan fingerprint density at radius 3 is 1.73 bits per heavy atom. The van der Waals surface area contributed by atoms with Crippen LogP contribution in [0.25, 0.3) is 83.2 Å². The van der Waals surface area contributed by atoms with Crippen LogP contribution in [-0.4, -0.2) is 0 Å². The van der Waals surface area contributed by atoms with Crippen LogP contribution >= 0.6 is 0 Å². The van der Waals surface area contributed by atoms with Crippen molar-refractivity contribution in [1.82, 2.24) is 0 Å².